The summed E-state index contributed by atoms with van der Waals surface area (Å²) >= 11 is 0. The molecule has 2 nitrogen and oxygen atoms in total. The van der Waals surface area contributed by atoms with E-state index >= 15 is 0 Å². The largest absolute Gasteiger partial charge is 0.392 e. The summed E-state index contributed by atoms with van der Waals surface area (Å²) in [6.45, 7) is 0. The first-order chi connectivity index (χ1) is 8.22. The van der Waals surface area contributed by atoms with Crippen molar-refractivity contribution in [2.24, 2.45) is 5.92 Å². The van der Waals surface area contributed by atoms with E-state index in [4.69, 9.17) is 4.74 Å². The molecule has 3 heteroatoms. The molecule has 2 bridgehead atoms. The topological polar surface area (TPSA) is 29.5 Å². The first-order valence-electron chi connectivity index (χ1n) is 6.30. The molecule has 2 saturated heterocycles. The second kappa shape index (κ2) is 4.39. The summed E-state index contributed by atoms with van der Waals surface area (Å²) in [6, 6.07) is 6.48. The third-order valence-electron chi connectivity index (χ3n) is 3.98. The fourth-order valence-electron chi connectivity index (χ4n) is 3.14. The van der Waals surface area contributed by atoms with Crippen molar-refractivity contribution in [1.82, 2.24) is 0 Å². The number of benzene rings is 1. The molecule has 0 aromatic heterocycles. The number of halogens is 1. The van der Waals surface area contributed by atoms with Crippen molar-refractivity contribution in [1.29, 1.82) is 0 Å². The Bertz CT molecular complexity index is 407. The summed E-state index contributed by atoms with van der Waals surface area (Å²) in [6.07, 6.45) is 3.85. The van der Waals surface area contributed by atoms with Gasteiger partial charge in [0.05, 0.1) is 18.3 Å². The molecule has 4 atom stereocenters. The number of hydrogen-bond acceptors (Lipinski definition) is 2. The molecule has 2 aliphatic rings. The number of ether oxygens (including phenoxy) is 1. The lowest BCUT2D eigenvalue weighted by atomic mass is 9.83. The molecule has 0 saturated carbocycles. The van der Waals surface area contributed by atoms with Crippen LogP contribution in [-0.4, -0.2) is 23.4 Å². The predicted molar refractivity (Wildman–Crippen MR) is 62.1 cm³/mol. The lowest BCUT2D eigenvalue weighted by Gasteiger charge is -2.24. The molecule has 4 unspecified atom stereocenters. The van der Waals surface area contributed by atoms with Crippen molar-refractivity contribution >= 4 is 0 Å². The average molecular weight is 236 g/mol. The van der Waals surface area contributed by atoms with Crippen LogP contribution >= 0.6 is 0 Å². The molecule has 2 heterocycles. The normalized spacial score (nSPS) is 32.9. The fourth-order valence-corrected chi connectivity index (χ4v) is 3.14. The van der Waals surface area contributed by atoms with Gasteiger partial charge < -0.3 is 9.84 Å². The number of rotatable bonds is 3. The van der Waals surface area contributed by atoms with Gasteiger partial charge >= 0.3 is 0 Å². The van der Waals surface area contributed by atoms with E-state index in [0.29, 0.717) is 12.5 Å². The van der Waals surface area contributed by atoms with Gasteiger partial charge in [0.1, 0.15) is 5.82 Å². The Labute approximate surface area is 100 Å². The zero-order chi connectivity index (χ0) is 11.8. The van der Waals surface area contributed by atoms with Gasteiger partial charge in [-0.3, -0.25) is 0 Å². The van der Waals surface area contributed by atoms with E-state index in [2.05, 4.69) is 0 Å². The maximum atomic E-state index is 13.0. The van der Waals surface area contributed by atoms with Crippen LogP contribution in [0.4, 0.5) is 4.39 Å². The van der Waals surface area contributed by atoms with E-state index in [1.54, 1.807) is 6.07 Å². The molecule has 2 fully saturated rings. The van der Waals surface area contributed by atoms with Crippen molar-refractivity contribution in [2.75, 3.05) is 0 Å². The van der Waals surface area contributed by atoms with Gasteiger partial charge in [-0.2, -0.15) is 0 Å². The Kier molecular flexibility index (Phi) is 2.89. The standard InChI is InChI=1S/C14H17FO2/c15-10-3-1-2-9(6-10)7-13(16)12-8-11-4-5-14(12)17-11/h1-3,6,11-14,16H,4-5,7-8H2. The second-order valence-electron chi connectivity index (χ2n) is 5.17. The van der Waals surface area contributed by atoms with Gasteiger partial charge in [-0.1, -0.05) is 12.1 Å². The van der Waals surface area contributed by atoms with E-state index < -0.39 is 6.10 Å². The van der Waals surface area contributed by atoms with E-state index in [9.17, 15) is 9.50 Å². The average Bonchev–Trinajstić information content (AvgIpc) is 2.90. The summed E-state index contributed by atoms with van der Waals surface area (Å²) in [4.78, 5) is 0. The molecule has 17 heavy (non-hydrogen) atoms. The quantitative estimate of drug-likeness (QED) is 0.872. The van der Waals surface area contributed by atoms with E-state index in [1.807, 2.05) is 6.07 Å². The Hall–Kier alpha value is -0.930. The fraction of sp³-hybridized carbons (Fsp3) is 0.571. The van der Waals surface area contributed by atoms with Crippen LogP contribution in [0.1, 0.15) is 24.8 Å². The number of aliphatic hydroxyl groups excluding tert-OH is 1. The molecule has 1 aromatic carbocycles. The molecule has 0 radical (unpaired) electrons. The van der Waals surface area contributed by atoms with Crippen LogP contribution in [0.25, 0.3) is 0 Å². The zero-order valence-corrected chi connectivity index (χ0v) is 9.68. The Balaban J connectivity index is 1.65. The summed E-state index contributed by atoms with van der Waals surface area (Å²) in [5, 5.41) is 10.2. The molecule has 1 aromatic rings. The monoisotopic (exact) mass is 236 g/mol. The number of aliphatic hydroxyl groups is 1. The van der Waals surface area contributed by atoms with Crippen LogP contribution in [-0.2, 0) is 11.2 Å². The van der Waals surface area contributed by atoms with Gasteiger partial charge in [-0.25, -0.2) is 4.39 Å². The minimum absolute atomic E-state index is 0.226. The third kappa shape index (κ3) is 2.22. The molecule has 0 spiro atoms. The zero-order valence-electron chi connectivity index (χ0n) is 9.68. The van der Waals surface area contributed by atoms with Crippen LogP contribution in [0.2, 0.25) is 0 Å². The first-order valence-corrected chi connectivity index (χ1v) is 6.30. The lowest BCUT2D eigenvalue weighted by molar-refractivity contribution is 0.0431. The van der Waals surface area contributed by atoms with Crippen LogP contribution < -0.4 is 0 Å². The minimum Gasteiger partial charge on any atom is -0.392 e. The highest BCUT2D eigenvalue weighted by atomic mass is 19.1. The van der Waals surface area contributed by atoms with Gasteiger partial charge in [-0.15, -0.1) is 0 Å². The molecule has 0 aliphatic carbocycles. The number of fused-ring (bicyclic) bond motifs is 2. The van der Waals surface area contributed by atoms with Crippen LogP contribution in [0.5, 0.6) is 0 Å². The van der Waals surface area contributed by atoms with E-state index in [1.165, 1.54) is 12.1 Å². The third-order valence-corrected chi connectivity index (χ3v) is 3.98. The summed E-state index contributed by atoms with van der Waals surface area (Å²) < 4.78 is 18.8. The summed E-state index contributed by atoms with van der Waals surface area (Å²) in [5.74, 6) is -0.00379. The predicted octanol–water partition coefficient (Wildman–Crippen LogP) is 2.30. The van der Waals surface area contributed by atoms with Gasteiger partial charge in [0.15, 0.2) is 0 Å². The lowest BCUT2D eigenvalue weighted by Crippen LogP contribution is -2.30. The first kappa shape index (κ1) is 11.2. The van der Waals surface area contributed by atoms with Gasteiger partial charge in [-0.05, 0) is 43.4 Å². The molecular weight excluding hydrogens is 219 g/mol. The highest BCUT2D eigenvalue weighted by Gasteiger charge is 2.43. The SMILES string of the molecule is OC(Cc1cccc(F)c1)C1CC2CCC1O2. The minimum atomic E-state index is -0.410. The molecular formula is C14H17FO2. The van der Waals surface area contributed by atoms with Crippen molar-refractivity contribution < 1.29 is 14.2 Å². The van der Waals surface area contributed by atoms with Gasteiger partial charge in [0.25, 0.3) is 0 Å². The van der Waals surface area contributed by atoms with Crippen LogP contribution in [0.3, 0.4) is 0 Å². The highest BCUT2D eigenvalue weighted by molar-refractivity contribution is 5.17. The summed E-state index contributed by atoms with van der Waals surface area (Å²) in [5.41, 5.74) is 0.861. The maximum Gasteiger partial charge on any atom is 0.123 e. The van der Waals surface area contributed by atoms with E-state index in [0.717, 1.165) is 24.8 Å². The van der Waals surface area contributed by atoms with Crippen LogP contribution in [0.15, 0.2) is 24.3 Å². The van der Waals surface area contributed by atoms with Crippen molar-refractivity contribution in [3.05, 3.63) is 35.6 Å². The maximum absolute atomic E-state index is 13.0. The Morgan fingerprint density at radius 2 is 2.29 bits per heavy atom. The molecule has 2 aliphatic heterocycles. The summed E-state index contributed by atoms with van der Waals surface area (Å²) in [7, 11) is 0. The molecule has 3 rings (SSSR count). The Morgan fingerprint density at radius 3 is 2.94 bits per heavy atom. The van der Waals surface area contributed by atoms with Crippen molar-refractivity contribution in [3.63, 3.8) is 0 Å². The highest BCUT2D eigenvalue weighted by Crippen LogP contribution is 2.40. The molecule has 92 valence electrons. The van der Waals surface area contributed by atoms with E-state index in [-0.39, 0.29) is 17.8 Å². The number of hydrogen-bond donors (Lipinski definition) is 1. The smallest absolute Gasteiger partial charge is 0.123 e. The Morgan fingerprint density at radius 1 is 1.41 bits per heavy atom. The molecule has 0 amide bonds. The van der Waals surface area contributed by atoms with Gasteiger partial charge in [0, 0.05) is 5.92 Å². The van der Waals surface area contributed by atoms with Gasteiger partial charge in [0.2, 0.25) is 0 Å². The molecule has 1 N–H and O–H groups in total. The van der Waals surface area contributed by atoms with Crippen LogP contribution in [0, 0.1) is 11.7 Å². The second-order valence-corrected chi connectivity index (χ2v) is 5.17. The van der Waals surface area contributed by atoms with Crippen molar-refractivity contribution in [3.8, 4) is 0 Å². The van der Waals surface area contributed by atoms with Crippen molar-refractivity contribution in [2.45, 2.75) is 44.0 Å².